The number of halogens is 2. The van der Waals surface area contributed by atoms with Crippen molar-refractivity contribution in [3.63, 3.8) is 0 Å². The fourth-order valence-electron chi connectivity index (χ4n) is 12.7. The highest BCUT2D eigenvalue weighted by atomic mass is 35.5. The van der Waals surface area contributed by atoms with Crippen LogP contribution in [-0.4, -0.2) is 74.7 Å². The molecule has 8 aromatic heterocycles. The predicted molar refractivity (Wildman–Crippen MR) is 436 cm³/mol. The van der Waals surface area contributed by atoms with Gasteiger partial charge in [0.1, 0.15) is 0 Å². The monoisotopic (exact) mass is 1510 g/mol. The molecule has 0 unspecified atom stereocenters. The summed E-state index contributed by atoms with van der Waals surface area (Å²) >= 11 is 12.0. The average Bonchev–Trinajstić information content (AvgIpc) is 1.53. The molecule has 8 aromatic carbocycles. The lowest BCUT2D eigenvalue weighted by Gasteiger charge is -2.13. The number of hydrogen-bond donors (Lipinski definition) is 0. The third-order valence-corrected chi connectivity index (χ3v) is 18.3. The van der Waals surface area contributed by atoms with Crippen LogP contribution in [0.5, 0.6) is 0 Å². The van der Waals surface area contributed by atoms with Crippen LogP contribution in [0.2, 0.25) is 10.0 Å². The van der Waals surface area contributed by atoms with Gasteiger partial charge < -0.3 is 18.3 Å². The van der Waals surface area contributed by atoms with Crippen molar-refractivity contribution >= 4 is 67.9 Å². The van der Waals surface area contributed by atoms with Gasteiger partial charge in [-0.2, -0.15) is 0 Å². The number of rotatable bonds is 16. The summed E-state index contributed by atoms with van der Waals surface area (Å²) in [6.07, 6.45) is 6.45. The average molecular weight is 1510 g/mol. The van der Waals surface area contributed by atoms with E-state index in [4.69, 9.17) is 23.2 Å². The first-order valence-electron chi connectivity index (χ1n) is 36.2. The molecule has 8 heterocycles. The van der Waals surface area contributed by atoms with Crippen LogP contribution >= 0.6 is 23.2 Å². The molecule has 0 atom stereocenters. The summed E-state index contributed by atoms with van der Waals surface area (Å²) in [5, 5.41) is 1.14. The van der Waals surface area contributed by atoms with Crippen LogP contribution in [0.3, 0.4) is 0 Å². The van der Waals surface area contributed by atoms with Crippen molar-refractivity contribution in [1.82, 2.24) is 74.7 Å². The zero-order valence-corrected chi connectivity index (χ0v) is 63.6. The minimum Gasteiger partial charge on any atom is -0.320 e. The van der Waals surface area contributed by atoms with Gasteiger partial charge in [0.05, 0.1) is 61.1 Å². The molecular formula is C84H82Cl2N16O8. The number of para-hydroxylation sites is 2. The van der Waals surface area contributed by atoms with Crippen molar-refractivity contribution in [2.75, 3.05) is 0 Å². The van der Waals surface area contributed by atoms with Gasteiger partial charge in [0, 0.05) is 49.3 Å². The van der Waals surface area contributed by atoms with Crippen LogP contribution in [0.15, 0.2) is 294 Å². The molecule has 26 heteroatoms. The van der Waals surface area contributed by atoms with Gasteiger partial charge >= 0.3 is 22.8 Å². The zero-order valence-electron chi connectivity index (χ0n) is 62.1. The van der Waals surface area contributed by atoms with Crippen LogP contribution < -0.4 is 45.0 Å². The summed E-state index contributed by atoms with van der Waals surface area (Å²) in [7, 11) is 0. The molecule has 0 radical (unpaired) electrons. The molecule has 0 bridgehead atoms. The van der Waals surface area contributed by atoms with Crippen LogP contribution in [-0.2, 0) is 52.4 Å². The molecule has 0 N–H and O–H groups in total. The smallest absolute Gasteiger partial charge is 0.320 e. The van der Waals surface area contributed by atoms with Crippen LogP contribution in [0, 0.1) is 0 Å². The number of benzene rings is 8. The van der Waals surface area contributed by atoms with Gasteiger partial charge in [0.2, 0.25) is 0 Å². The molecule has 110 heavy (non-hydrogen) atoms. The molecule has 560 valence electrons. The summed E-state index contributed by atoms with van der Waals surface area (Å²) in [6, 6.07) is 71.8. The van der Waals surface area contributed by atoms with Crippen molar-refractivity contribution in [3.8, 4) is 22.7 Å². The van der Waals surface area contributed by atoms with Gasteiger partial charge in [0.15, 0.2) is 44.7 Å². The Balaban J connectivity index is 0.000000143. The summed E-state index contributed by atoms with van der Waals surface area (Å²) < 4.78 is 18.2. The minimum atomic E-state index is -0.415. The van der Waals surface area contributed by atoms with E-state index in [-0.39, 0.29) is 52.2 Å². The van der Waals surface area contributed by atoms with Gasteiger partial charge in [-0.05, 0) is 123 Å². The zero-order chi connectivity index (χ0) is 78.1. The normalized spacial score (nSPS) is 10.9. The molecule has 0 spiro atoms. The van der Waals surface area contributed by atoms with Crippen molar-refractivity contribution in [2.24, 2.45) is 0 Å². The Labute approximate surface area is 641 Å². The van der Waals surface area contributed by atoms with Crippen molar-refractivity contribution in [2.45, 2.75) is 108 Å². The lowest BCUT2D eigenvalue weighted by molar-refractivity contribution is 0.653. The maximum atomic E-state index is 13.1. The number of imidazole rings is 4. The van der Waals surface area contributed by atoms with Crippen molar-refractivity contribution in [3.05, 3.63) is 371 Å². The molecule has 0 saturated carbocycles. The predicted octanol–water partition coefficient (Wildman–Crippen LogP) is 13.0. The first kappa shape index (κ1) is 78.0. The highest BCUT2D eigenvalue weighted by Gasteiger charge is 2.24. The molecule has 16 rings (SSSR count). The second-order valence-corrected chi connectivity index (χ2v) is 25.3. The fraction of sp³-hybridized carbons (Fsp3) is 0.190. The highest BCUT2D eigenvalue weighted by molar-refractivity contribution is 6.30. The SMILES string of the molecule is CC.CC.CCn1c(=O)c2c(ncn2Cc2ccccc2)n(-c2ccc(Cl)cc2)c1=O.CCn1c(=O)c2c(ncn2Cc2ccccc2)n(-c2ccccc2)c1=O.CCn1c(=O)c2ncn(Cc3ccccc3)c2n(-c2ccc(Cl)cc2)c1=O.CCn1c(=O)c2ncn(Cc3ccccc3)c2n(-c2ccccc2)c1=O. The second kappa shape index (κ2) is 36.0. The molecule has 0 fully saturated rings. The lowest BCUT2D eigenvalue weighted by Crippen LogP contribution is -2.39. The van der Waals surface area contributed by atoms with Gasteiger partial charge in [0.25, 0.3) is 22.2 Å². The standard InChI is InChI=1S/2C20H17ClN4O2.2C20H18N4O2.2C2H6/c1-2-24-19(26)17-18(22-13-23(17)12-14-6-4-3-5-7-14)25(20(24)27)16-10-8-15(21)9-11-16;1-2-24-19(26)17-18(23(13-22-17)12-14-6-4-3-5-7-14)25(20(24)27)16-10-8-15(21)9-11-16;1-2-23-19(25)17-18(24(20(23)26)16-11-7-4-8-12-16)21-14-22(17)13-15-9-5-3-6-10-15;1-2-23-19(25)17-18(24(20(23)26)16-11-7-4-8-12-16)22(14-21-17)13-15-9-5-3-6-10-15;2*1-2/h2*3-11,13H,2,12H2,1H3;2*3-12,14H,2,13H2,1H3;2*1-2H3. The quantitative estimate of drug-likeness (QED) is 0.0876. The van der Waals surface area contributed by atoms with E-state index in [0.717, 1.165) is 22.3 Å². The number of fused-ring (bicyclic) bond motifs is 4. The van der Waals surface area contributed by atoms with Crippen LogP contribution in [0.25, 0.3) is 67.4 Å². The molecule has 0 aliphatic carbocycles. The third-order valence-electron chi connectivity index (χ3n) is 17.8. The Hall–Kier alpha value is -13.1. The van der Waals surface area contributed by atoms with E-state index in [0.29, 0.717) is 111 Å². The highest BCUT2D eigenvalue weighted by Crippen LogP contribution is 2.22. The van der Waals surface area contributed by atoms with E-state index in [1.807, 2.05) is 219 Å². The van der Waals surface area contributed by atoms with E-state index < -0.39 is 11.4 Å². The van der Waals surface area contributed by atoms with E-state index in [2.05, 4.69) is 19.9 Å². The Morgan fingerprint density at radius 1 is 0.273 bits per heavy atom. The summed E-state index contributed by atoms with van der Waals surface area (Å²) in [6.45, 7) is 18.3. The number of nitrogens with zero attached hydrogens (tertiary/aromatic N) is 16. The lowest BCUT2D eigenvalue weighted by atomic mass is 10.2. The Kier molecular flexibility index (Phi) is 25.6. The second-order valence-electron chi connectivity index (χ2n) is 24.4. The molecule has 24 nitrogen and oxygen atoms in total. The Morgan fingerprint density at radius 2 is 0.509 bits per heavy atom. The topological polar surface area (TPSA) is 247 Å². The van der Waals surface area contributed by atoms with E-state index in [1.165, 1.54) is 32.0 Å². The van der Waals surface area contributed by atoms with Gasteiger partial charge in [-0.1, -0.05) is 209 Å². The first-order valence-corrected chi connectivity index (χ1v) is 37.0. The fourth-order valence-corrected chi connectivity index (χ4v) is 13.0. The van der Waals surface area contributed by atoms with Crippen molar-refractivity contribution in [1.29, 1.82) is 0 Å². The number of aromatic nitrogens is 16. The van der Waals surface area contributed by atoms with Crippen LogP contribution in [0.1, 0.15) is 77.6 Å². The largest absolute Gasteiger partial charge is 0.337 e. The van der Waals surface area contributed by atoms with E-state index in [1.54, 1.807) is 115 Å². The Morgan fingerprint density at radius 3 is 0.809 bits per heavy atom. The third kappa shape index (κ3) is 16.3. The van der Waals surface area contributed by atoms with E-state index in [9.17, 15) is 38.4 Å². The summed E-state index contributed by atoms with van der Waals surface area (Å²) in [5.74, 6) is 0. The summed E-state index contributed by atoms with van der Waals surface area (Å²) in [4.78, 5) is 121. The van der Waals surface area contributed by atoms with Crippen LogP contribution in [0.4, 0.5) is 0 Å². The molecular weight excluding hydrogens is 1430 g/mol. The Bertz CT molecular complexity index is 6340. The van der Waals surface area contributed by atoms with Gasteiger partial charge in [-0.3, -0.25) is 37.4 Å². The maximum Gasteiger partial charge on any atom is 0.337 e. The van der Waals surface area contributed by atoms with Gasteiger partial charge in [-0.25, -0.2) is 57.4 Å². The van der Waals surface area contributed by atoms with E-state index >= 15 is 0 Å². The minimum absolute atomic E-state index is 0.266. The molecule has 16 aromatic rings. The summed E-state index contributed by atoms with van der Waals surface area (Å²) in [5.41, 5.74) is 7.04. The molecule has 0 amide bonds. The molecule has 0 aliphatic heterocycles. The number of hydrogen-bond acceptors (Lipinski definition) is 12. The first-order chi connectivity index (χ1) is 53.6. The molecule has 0 saturated heterocycles. The maximum absolute atomic E-state index is 13.1. The van der Waals surface area contributed by atoms with Crippen molar-refractivity contribution < 1.29 is 0 Å². The van der Waals surface area contributed by atoms with Gasteiger partial charge in [-0.15, -0.1) is 0 Å². The molecule has 0 aliphatic rings.